The number of nitrogens with one attached hydrogen (secondary N) is 1. The summed E-state index contributed by atoms with van der Waals surface area (Å²) in [5, 5.41) is 2.92. The van der Waals surface area contributed by atoms with Crippen LogP contribution in [0.5, 0.6) is 0 Å². The van der Waals surface area contributed by atoms with Gasteiger partial charge in [0.25, 0.3) is 5.91 Å². The van der Waals surface area contributed by atoms with E-state index in [1.807, 2.05) is 24.3 Å². The Kier molecular flexibility index (Phi) is 4.07. The molecule has 0 unspecified atom stereocenters. The molecule has 0 atom stereocenters. The van der Waals surface area contributed by atoms with Crippen molar-refractivity contribution in [2.75, 3.05) is 19.4 Å². The zero-order valence-electron chi connectivity index (χ0n) is 11.0. The van der Waals surface area contributed by atoms with Crippen molar-refractivity contribution in [3.63, 3.8) is 0 Å². The van der Waals surface area contributed by atoms with E-state index < -0.39 is 0 Å². The van der Waals surface area contributed by atoms with Gasteiger partial charge in [0.05, 0.1) is 12.2 Å². The molecule has 0 radical (unpaired) electrons. The van der Waals surface area contributed by atoms with Crippen molar-refractivity contribution in [3.05, 3.63) is 54.0 Å². The lowest BCUT2D eigenvalue weighted by molar-refractivity contribution is 0.0778. The summed E-state index contributed by atoms with van der Waals surface area (Å²) in [6.45, 7) is 0.463. The zero-order chi connectivity index (χ0) is 13.7. The number of rotatable bonds is 4. The molecule has 2 heterocycles. The average molecular weight is 256 g/mol. The molecule has 1 amide bonds. The Bertz CT molecular complexity index is 556. The second-order valence-corrected chi connectivity index (χ2v) is 4.14. The summed E-state index contributed by atoms with van der Waals surface area (Å²) in [7, 11) is 3.51. The lowest BCUT2D eigenvalue weighted by atomic mass is 10.3. The fraction of sp³-hybridized carbons (Fsp3) is 0.214. The number of pyridine rings is 2. The standard InChI is InChI=1S/C14H16N4O/c1-15-13-8-5-7-12(17-13)14(19)18(2)10-11-6-3-4-9-16-11/h3-9H,10H2,1-2H3,(H,15,17). The molecule has 0 bridgehead atoms. The van der Waals surface area contributed by atoms with Crippen LogP contribution in [0.25, 0.3) is 0 Å². The summed E-state index contributed by atoms with van der Waals surface area (Å²) in [4.78, 5) is 22.3. The summed E-state index contributed by atoms with van der Waals surface area (Å²) < 4.78 is 0. The van der Waals surface area contributed by atoms with Crippen molar-refractivity contribution in [2.45, 2.75) is 6.54 Å². The molecule has 0 saturated heterocycles. The maximum absolute atomic E-state index is 12.2. The molecule has 2 rings (SSSR count). The van der Waals surface area contributed by atoms with Gasteiger partial charge in [0.1, 0.15) is 11.5 Å². The summed E-state index contributed by atoms with van der Waals surface area (Å²) in [5.41, 5.74) is 1.27. The Labute approximate surface area is 112 Å². The van der Waals surface area contributed by atoms with Gasteiger partial charge in [-0.25, -0.2) is 4.98 Å². The molecule has 2 aromatic rings. The molecule has 0 aliphatic heterocycles. The van der Waals surface area contributed by atoms with Gasteiger partial charge in [-0.2, -0.15) is 0 Å². The third kappa shape index (κ3) is 3.28. The highest BCUT2D eigenvalue weighted by Gasteiger charge is 2.14. The van der Waals surface area contributed by atoms with Gasteiger partial charge in [0.15, 0.2) is 0 Å². The lowest BCUT2D eigenvalue weighted by Crippen LogP contribution is -2.27. The van der Waals surface area contributed by atoms with E-state index in [0.29, 0.717) is 18.1 Å². The molecule has 0 aromatic carbocycles. The molecular weight excluding hydrogens is 240 g/mol. The number of aromatic nitrogens is 2. The maximum atomic E-state index is 12.2. The van der Waals surface area contributed by atoms with Crippen molar-refractivity contribution in [1.29, 1.82) is 0 Å². The SMILES string of the molecule is CNc1cccc(C(=O)N(C)Cc2ccccn2)n1. The highest BCUT2D eigenvalue weighted by Crippen LogP contribution is 2.08. The zero-order valence-corrected chi connectivity index (χ0v) is 11.0. The molecule has 0 spiro atoms. The van der Waals surface area contributed by atoms with Crippen LogP contribution < -0.4 is 5.32 Å². The first-order valence-corrected chi connectivity index (χ1v) is 6.01. The van der Waals surface area contributed by atoms with E-state index in [2.05, 4.69) is 15.3 Å². The number of carbonyl (C=O) groups excluding carboxylic acids is 1. The molecule has 0 saturated carbocycles. The van der Waals surface area contributed by atoms with Crippen LogP contribution in [0.4, 0.5) is 5.82 Å². The summed E-state index contributed by atoms with van der Waals surface area (Å²) >= 11 is 0. The first-order chi connectivity index (χ1) is 9.20. The van der Waals surface area contributed by atoms with Crippen molar-refractivity contribution in [1.82, 2.24) is 14.9 Å². The molecular formula is C14H16N4O. The van der Waals surface area contributed by atoms with E-state index in [1.54, 1.807) is 37.3 Å². The Morgan fingerprint density at radius 3 is 2.79 bits per heavy atom. The quantitative estimate of drug-likeness (QED) is 0.906. The molecule has 98 valence electrons. The van der Waals surface area contributed by atoms with Crippen LogP contribution in [0, 0.1) is 0 Å². The Hall–Kier alpha value is -2.43. The second-order valence-electron chi connectivity index (χ2n) is 4.14. The third-order valence-corrected chi connectivity index (χ3v) is 2.70. The highest BCUT2D eigenvalue weighted by molar-refractivity contribution is 5.92. The van der Waals surface area contributed by atoms with Crippen LogP contribution >= 0.6 is 0 Å². The number of hydrogen-bond donors (Lipinski definition) is 1. The van der Waals surface area contributed by atoms with Crippen LogP contribution in [0.1, 0.15) is 16.2 Å². The molecule has 0 fully saturated rings. The third-order valence-electron chi connectivity index (χ3n) is 2.70. The van der Waals surface area contributed by atoms with Crippen LogP contribution in [0.2, 0.25) is 0 Å². The first kappa shape index (κ1) is 13.0. The molecule has 5 nitrogen and oxygen atoms in total. The van der Waals surface area contributed by atoms with Gasteiger partial charge >= 0.3 is 0 Å². The normalized spacial score (nSPS) is 10.0. The van der Waals surface area contributed by atoms with Crippen LogP contribution in [-0.4, -0.2) is 34.9 Å². The minimum absolute atomic E-state index is 0.122. The molecule has 19 heavy (non-hydrogen) atoms. The van der Waals surface area contributed by atoms with E-state index in [1.165, 1.54) is 0 Å². The fourth-order valence-corrected chi connectivity index (χ4v) is 1.70. The Morgan fingerprint density at radius 1 is 1.26 bits per heavy atom. The molecule has 0 aliphatic carbocycles. The molecule has 2 aromatic heterocycles. The lowest BCUT2D eigenvalue weighted by Gasteiger charge is -2.16. The van der Waals surface area contributed by atoms with E-state index in [0.717, 1.165) is 5.69 Å². The van der Waals surface area contributed by atoms with E-state index in [9.17, 15) is 4.79 Å². The topological polar surface area (TPSA) is 58.1 Å². The largest absolute Gasteiger partial charge is 0.373 e. The van der Waals surface area contributed by atoms with Crippen LogP contribution in [0.3, 0.4) is 0 Å². The first-order valence-electron chi connectivity index (χ1n) is 6.01. The smallest absolute Gasteiger partial charge is 0.272 e. The number of hydrogen-bond acceptors (Lipinski definition) is 4. The number of amides is 1. The maximum Gasteiger partial charge on any atom is 0.272 e. The highest BCUT2D eigenvalue weighted by atomic mass is 16.2. The van der Waals surface area contributed by atoms with E-state index in [-0.39, 0.29) is 5.91 Å². The number of carbonyl (C=O) groups is 1. The van der Waals surface area contributed by atoms with Gasteiger partial charge in [-0.3, -0.25) is 9.78 Å². The van der Waals surface area contributed by atoms with Gasteiger partial charge in [0, 0.05) is 20.3 Å². The minimum atomic E-state index is -0.122. The van der Waals surface area contributed by atoms with Crippen LogP contribution in [-0.2, 0) is 6.54 Å². The Balaban J connectivity index is 2.10. The van der Waals surface area contributed by atoms with Gasteiger partial charge in [-0.15, -0.1) is 0 Å². The second kappa shape index (κ2) is 5.95. The van der Waals surface area contributed by atoms with E-state index >= 15 is 0 Å². The van der Waals surface area contributed by atoms with E-state index in [4.69, 9.17) is 0 Å². The van der Waals surface area contributed by atoms with Crippen molar-refractivity contribution < 1.29 is 4.79 Å². The van der Waals surface area contributed by atoms with Crippen LogP contribution in [0.15, 0.2) is 42.6 Å². The number of anilines is 1. The van der Waals surface area contributed by atoms with Gasteiger partial charge in [-0.1, -0.05) is 12.1 Å². The van der Waals surface area contributed by atoms with Crippen molar-refractivity contribution in [3.8, 4) is 0 Å². The van der Waals surface area contributed by atoms with Crippen molar-refractivity contribution in [2.24, 2.45) is 0 Å². The monoisotopic (exact) mass is 256 g/mol. The number of nitrogens with zero attached hydrogens (tertiary/aromatic N) is 3. The van der Waals surface area contributed by atoms with Gasteiger partial charge in [-0.05, 0) is 24.3 Å². The Morgan fingerprint density at radius 2 is 2.11 bits per heavy atom. The summed E-state index contributed by atoms with van der Waals surface area (Å²) in [5.74, 6) is 0.555. The van der Waals surface area contributed by atoms with Gasteiger partial charge < -0.3 is 10.2 Å². The van der Waals surface area contributed by atoms with Crippen molar-refractivity contribution >= 4 is 11.7 Å². The summed E-state index contributed by atoms with van der Waals surface area (Å²) in [6, 6.07) is 11.0. The predicted molar refractivity (Wildman–Crippen MR) is 73.8 cm³/mol. The molecule has 1 N–H and O–H groups in total. The summed E-state index contributed by atoms with van der Waals surface area (Å²) in [6.07, 6.45) is 1.72. The van der Waals surface area contributed by atoms with Gasteiger partial charge in [0.2, 0.25) is 0 Å². The fourth-order valence-electron chi connectivity index (χ4n) is 1.70. The predicted octanol–water partition coefficient (Wildman–Crippen LogP) is 1.79. The minimum Gasteiger partial charge on any atom is -0.373 e. The molecule has 0 aliphatic rings. The molecule has 5 heteroatoms. The average Bonchev–Trinajstić information content (AvgIpc) is 2.47.